The first-order valence-corrected chi connectivity index (χ1v) is 10.3. The Hall–Kier alpha value is -2.76. The first-order chi connectivity index (χ1) is 13.9. The molecule has 154 valence electrons. The highest BCUT2D eigenvalue weighted by molar-refractivity contribution is 5.89. The van der Waals surface area contributed by atoms with Gasteiger partial charge in [0, 0.05) is 18.8 Å². The molecule has 1 aliphatic carbocycles. The number of likely N-dealkylation sites (tertiary alicyclic amines) is 1. The summed E-state index contributed by atoms with van der Waals surface area (Å²) in [5, 5.41) is 3.03. The zero-order valence-electron chi connectivity index (χ0n) is 17.2. The normalized spacial score (nSPS) is 22.4. The molecule has 1 N–H and O–H groups in total. The number of piperidine rings is 1. The Morgan fingerprint density at radius 1 is 1.17 bits per heavy atom. The second kappa shape index (κ2) is 7.58. The van der Waals surface area contributed by atoms with Crippen LogP contribution in [0.25, 0.3) is 0 Å². The summed E-state index contributed by atoms with van der Waals surface area (Å²) in [4.78, 5) is 29.3. The Labute approximate surface area is 172 Å². The van der Waals surface area contributed by atoms with E-state index in [0.717, 1.165) is 12.0 Å². The summed E-state index contributed by atoms with van der Waals surface area (Å²) in [7, 11) is 0. The summed E-state index contributed by atoms with van der Waals surface area (Å²) >= 11 is 0. The third-order valence-corrected chi connectivity index (χ3v) is 6.21. The van der Waals surface area contributed by atoms with E-state index in [9.17, 15) is 9.59 Å². The van der Waals surface area contributed by atoms with Crippen molar-refractivity contribution in [3.05, 3.63) is 59.8 Å². The molecule has 1 aromatic carbocycles. The van der Waals surface area contributed by atoms with Crippen LogP contribution in [0.4, 0.5) is 4.79 Å². The molecule has 0 radical (unpaired) electrons. The molecule has 1 spiro atoms. The van der Waals surface area contributed by atoms with E-state index < -0.39 is 5.54 Å². The molecule has 2 aliphatic heterocycles. The monoisotopic (exact) mass is 395 g/mol. The first kappa shape index (κ1) is 19.6. The smallest absolute Gasteiger partial charge is 0.410 e. The van der Waals surface area contributed by atoms with E-state index in [-0.39, 0.29) is 24.0 Å². The highest BCUT2D eigenvalue weighted by Gasteiger charge is 2.51. The van der Waals surface area contributed by atoms with E-state index in [2.05, 4.69) is 42.3 Å². The van der Waals surface area contributed by atoms with Crippen molar-refractivity contribution in [2.75, 3.05) is 19.8 Å². The van der Waals surface area contributed by atoms with E-state index in [4.69, 9.17) is 4.74 Å². The van der Waals surface area contributed by atoms with Gasteiger partial charge in [0.2, 0.25) is 5.91 Å². The first-order valence-electron chi connectivity index (χ1n) is 10.3. The summed E-state index contributed by atoms with van der Waals surface area (Å²) in [6.07, 6.45) is 8.23. The molecule has 2 fully saturated rings. The highest BCUT2D eigenvalue weighted by Crippen LogP contribution is 2.40. The number of carbonyl (C=O) groups excluding carboxylic acids is 2. The van der Waals surface area contributed by atoms with Crippen molar-refractivity contribution in [1.29, 1.82) is 0 Å². The topological polar surface area (TPSA) is 61.9 Å². The van der Waals surface area contributed by atoms with Gasteiger partial charge in [-0.2, -0.15) is 0 Å². The Morgan fingerprint density at radius 3 is 2.59 bits per heavy atom. The highest BCUT2D eigenvalue weighted by atomic mass is 16.6. The quantitative estimate of drug-likeness (QED) is 0.852. The summed E-state index contributed by atoms with van der Waals surface area (Å²) in [6.45, 7) is 6.25. The van der Waals surface area contributed by atoms with Crippen molar-refractivity contribution in [2.24, 2.45) is 5.41 Å². The fourth-order valence-corrected chi connectivity index (χ4v) is 4.52. The van der Waals surface area contributed by atoms with E-state index in [0.29, 0.717) is 32.6 Å². The number of carbonyl (C=O) groups is 2. The molecule has 29 heavy (non-hydrogen) atoms. The average molecular weight is 396 g/mol. The van der Waals surface area contributed by atoms with Crippen molar-refractivity contribution in [3.63, 3.8) is 0 Å². The fourth-order valence-electron chi connectivity index (χ4n) is 4.52. The summed E-state index contributed by atoms with van der Waals surface area (Å²) in [6, 6.07) is 9.67. The zero-order valence-corrected chi connectivity index (χ0v) is 17.2. The van der Waals surface area contributed by atoms with Crippen molar-refractivity contribution in [2.45, 2.75) is 45.3 Å². The predicted octanol–water partition coefficient (Wildman–Crippen LogP) is 3.42. The van der Waals surface area contributed by atoms with Gasteiger partial charge in [-0.15, -0.1) is 0 Å². The zero-order chi connectivity index (χ0) is 20.5. The molecule has 0 aromatic heterocycles. The molecule has 3 aliphatic rings. The van der Waals surface area contributed by atoms with Crippen molar-refractivity contribution in [3.8, 4) is 0 Å². The lowest BCUT2D eigenvalue weighted by Crippen LogP contribution is -2.56. The molecule has 6 nitrogen and oxygen atoms in total. The van der Waals surface area contributed by atoms with Crippen LogP contribution < -0.4 is 5.32 Å². The van der Waals surface area contributed by atoms with E-state index in [1.807, 2.05) is 30.3 Å². The molecule has 1 aromatic rings. The predicted molar refractivity (Wildman–Crippen MR) is 111 cm³/mol. The minimum atomic E-state index is -0.566. The lowest BCUT2D eigenvalue weighted by Gasteiger charge is -2.45. The molecular weight excluding hydrogens is 366 g/mol. The van der Waals surface area contributed by atoms with Crippen LogP contribution >= 0.6 is 0 Å². The Bertz CT molecular complexity index is 836. The minimum absolute atomic E-state index is 0.0723. The van der Waals surface area contributed by atoms with Crippen molar-refractivity contribution < 1.29 is 14.3 Å². The molecular formula is C23H29N3O3. The van der Waals surface area contributed by atoms with Crippen LogP contribution in [0.2, 0.25) is 0 Å². The van der Waals surface area contributed by atoms with Gasteiger partial charge in [-0.05, 0) is 36.3 Å². The van der Waals surface area contributed by atoms with Crippen LogP contribution in [0.15, 0.2) is 54.3 Å². The van der Waals surface area contributed by atoms with Crippen molar-refractivity contribution in [1.82, 2.24) is 15.1 Å². The van der Waals surface area contributed by atoms with Gasteiger partial charge in [0.05, 0.1) is 6.67 Å². The summed E-state index contributed by atoms with van der Waals surface area (Å²) in [5.74, 6) is 0.0723. The second-order valence-corrected chi connectivity index (χ2v) is 8.83. The SMILES string of the molecule is CC1(C)C=CC=C(N2CNC(=O)C23CCN(C(=O)OCc2ccccc2)CC3)C1. The fraction of sp³-hybridized carbons (Fsp3) is 0.478. The van der Waals surface area contributed by atoms with Gasteiger partial charge >= 0.3 is 6.09 Å². The minimum Gasteiger partial charge on any atom is -0.445 e. The van der Waals surface area contributed by atoms with Gasteiger partial charge in [0.1, 0.15) is 12.1 Å². The summed E-state index contributed by atoms with van der Waals surface area (Å²) in [5.41, 5.74) is 1.67. The van der Waals surface area contributed by atoms with Crippen LogP contribution in [0.1, 0.15) is 38.7 Å². The average Bonchev–Trinajstić information content (AvgIpc) is 3.02. The molecule has 4 rings (SSSR count). The Morgan fingerprint density at radius 2 is 1.90 bits per heavy atom. The number of nitrogens with one attached hydrogen (secondary N) is 1. The molecule has 0 atom stereocenters. The molecule has 2 amide bonds. The van der Waals surface area contributed by atoms with Crippen LogP contribution in [0.5, 0.6) is 0 Å². The van der Waals surface area contributed by atoms with Crippen molar-refractivity contribution >= 4 is 12.0 Å². The molecule has 6 heteroatoms. The molecule has 2 heterocycles. The van der Waals surface area contributed by atoms with E-state index in [1.165, 1.54) is 5.70 Å². The third-order valence-electron chi connectivity index (χ3n) is 6.21. The van der Waals surface area contributed by atoms with E-state index >= 15 is 0 Å². The van der Waals surface area contributed by atoms with Gasteiger partial charge in [-0.3, -0.25) is 4.79 Å². The molecule has 0 unspecified atom stereocenters. The maximum Gasteiger partial charge on any atom is 0.410 e. The Kier molecular flexibility index (Phi) is 5.11. The maximum absolute atomic E-state index is 12.8. The number of nitrogens with zero attached hydrogens (tertiary/aromatic N) is 2. The number of benzene rings is 1. The van der Waals surface area contributed by atoms with Gasteiger partial charge in [-0.25, -0.2) is 4.79 Å². The van der Waals surface area contributed by atoms with E-state index in [1.54, 1.807) is 4.90 Å². The van der Waals surface area contributed by atoms with Crippen LogP contribution in [0, 0.1) is 5.41 Å². The Balaban J connectivity index is 1.40. The lowest BCUT2D eigenvalue weighted by molar-refractivity contribution is -0.128. The number of rotatable bonds is 3. The van der Waals surface area contributed by atoms with Crippen LogP contribution in [-0.4, -0.2) is 47.1 Å². The van der Waals surface area contributed by atoms with Gasteiger partial charge in [-0.1, -0.05) is 56.3 Å². The summed E-state index contributed by atoms with van der Waals surface area (Å²) < 4.78 is 5.47. The standard InChI is InChI=1S/C23H29N3O3/c1-22(2)10-6-9-19(15-22)26-17-24-20(27)23(26)11-13-25(14-12-23)21(28)29-16-18-7-4-3-5-8-18/h3-10H,11-17H2,1-2H3,(H,24,27). The number of amides is 2. The van der Waals surface area contributed by atoms with Gasteiger partial charge in [0.15, 0.2) is 0 Å². The third kappa shape index (κ3) is 3.88. The second-order valence-electron chi connectivity index (χ2n) is 8.83. The van der Waals surface area contributed by atoms with Gasteiger partial charge in [0.25, 0.3) is 0 Å². The molecule has 0 bridgehead atoms. The number of allylic oxidation sites excluding steroid dienone is 4. The molecule has 0 saturated carbocycles. The largest absolute Gasteiger partial charge is 0.445 e. The lowest BCUT2D eigenvalue weighted by atomic mass is 9.81. The number of hydrogen-bond acceptors (Lipinski definition) is 4. The van der Waals surface area contributed by atoms with Gasteiger partial charge < -0.3 is 19.9 Å². The molecule has 2 saturated heterocycles. The van der Waals surface area contributed by atoms with Crippen LogP contribution in [0.3, 0.4) is 0 Å². The number of ether oxygens (including phenoxy) is 1. The number of hydrogen-bond donors (Lipinski definition) is 1. The van der Waals surface area contributed by atoms with Crippen LogP contribution in [-0.2, 0) is 16.1 Å². The maximum atomic E-state index is 12.8.